The molecular weight excluding hydrogens is 256 g/mol. The number of aliphatic hydroxyl groups excluding tert-OH is 1. The molecule has 2 rings (SSSR count). The topological polar surface area (TPSA) is 64.3 Å². The highest BCUT2D eigenvalue weighted by Crippen LogP contribution is 2.30. The van der Waals surface area contributed by atoms with E-state index >= 15 is 0 Å². The number of hydrogen-bond donors (Lipinski definition) is 1. The highest BCUT2D eigenvalue weighted by Gasteiger charge is 2.23. The van der Waals surface area contributed by atoms with Gasteiger partial charge in [0.1, 0.15) is 0 Å². The van der Waals surface area contributed by atoms with Crippen molar-refractivity contribution >= 4 is 28.5 Å². The van der Waals surface area contributed by atoms with Gasteiger partial charge in [-0.3, -0.25) is 4.68 Å². The summed E-state index contributed by atoms with van der Waals surface area (Å²) in [7, 11) is 1.74. The lowest BCUT2D eigenvalue weighted by atomic mass is 10.1. The molecule has 1 aromatic carbocycles. The van der Waals surface area contributed by atoms with Gasteiger partial charge in [0, 0.05) is 18.0 Å². The molecule has 1 unspecified atom stereocenters. The first-order valence-corrected chi connectivity index (χ1v) is 5.89. The molecule has 1 heterocycles. The van der Waals surface area contributed by atoms with Crippen LogP contribution in [0.25, 0.3) is 10.9 Å². The van der Waals surface area contributed by atoms with Gasteiger partial charge >= 0.3 is 5.97 Å². The van der Waals surface area contributed by atoms with Crippen molar-refractivity contribution in [2.24, 2.45) is 7.05 Å². The van der Waals surface area contributed by atoms with E-state index in [4.69, 9.17) is 16.3 Å². The second kappa shape index (κ2) is 4.96. The fourth-order valence-corrected chi connectivity index (χ4v) is 2.18. The number of ether oxygens (including phenoxy) is 1. The average Bonchev–Trinajstić information content (AvgIpc) is 2.65. The van der Waals surface area contributed by atoms with Gasteiger partial charge in [-0.1, -0.05) is 23.7 Å². The number of fused-ring (bicyclic) bond motifs is 1. The molecule has 0 aliphatic rings. The zero-order valence-electron chi connectivity index (χ0n) is 10.1. The number of aliphatic hydroxyl groups is 1. The molecule has 0 aliphatic carbocycles. The predicted molar refractivity (Wildman–Crippen MR) is 67.3 cm³/mol. The zero-order valence-corrected chi connectivity index (χ0v) is 10.8. The largest absolute Gasteiger partial charge is 0.464 e. The standard InChI is InChI=1S/C12H13ClN2O3/c1-3-18-12(17)10(16)7-5-4-6-8-9(7)11(13)14-15(8)2/h4-6,10,16H,3H2,1-2H3. The quantitative estimate of drug-likeness (QED) is 0.863. The summed E-state index contributed by atoms with van der Waals surface area (Å²) in [4.78, 5) is 11.6. The van der Waals surface area contributed by atoms with Crippen LogP contribution in [-0.4, -0.2) is 27.5 Å². The number of rotatable bonds is 3. The molecule has 1 N–H and O–H groups in total. The fraction of sp³-hybridized carbons (Fsp3) is 0.333. The number of aromatic nitrogens is 2. The number of carbonyl (C=O) groups is 1. The van der Waals surface area contributed by atoms with Crippen molar-refractivity contribution in [3.8, 4) is 0 Å². The first kappa shape index (κ1) is 12.9. The predicted octanol–water partition coefficient (Wildman–Crippen LogP) is 1.82. The molecule has 1 atom stereocenters. The lowest BCUT2D eigenvalue weighted by Gasteiger charge is -2.11. The lowest BCUT2D eigenvalue weighted by Crippen LogP contribution is -2.15. The van der Waals surface area contributed by atoms with Crippen LogP contribution in [0.5, 0.6) is 0 Å². The number of hydrogen-bond acceptors (Lipinski definition) is 4. The summed E-state index contributed by atoms with van der Waals surface area (Å²) >= 11 is 6.01. The molecule has 0 aliphatic heterocycles. The molecule has 2 aromatic rings. The molecule has 6 heteroatoms. The number of nitrogens with zero attached hydrogens (tertiary/aromatic N) is 2. The Morgan fingerprint density at radius 3 is 3.00 bits per heavy atom. The normalized spacial score (nSPS) is 12.7. The monoisotopic (exact) mass is 268 g/mol. The van der Waals surface area contributed by atoms with E-state index in [-0.39, 0.29) is 11.8 Å². The van der Waals surface area contributed by atoms with Crippen LogP contribution in [0.1, 0.15) is 18.6 Å². The maximum Gasteiger partial charge on any atom is 0.339 e. The third-order valence-electron chi connectivity index (χ3n) is 2.67. The van der Waals surface area contributed by atoms with Gasteiger partial charge in [0.15, 0.2) is 11.3 Å². The molecule has 0 radical (unpaired) electrons. The summed E-state index contributed by atoms with van der Waals surface area (Å²) < 4.78 is 6.39. The number of esters is 1. The lowest BCUT2D eigenvalue weighted by molar-refractivity contribution is -0.153. The Labute approximate surface area is 109 Å². The first-order valence-electron chi connectivity index (χ1n) is 5.52. The molecule has 0 fully saturated rings. The van der Waals surface area contributed by atoms with Gasteiger partial charge in [0.05, 0.1) is 12.1 Å². The smallest absolute Gasteiger partial charge is 0.339 e. The van der Waals surface area contributed by atoms with Crippen molar-refractivity contribution in [3.63, 3.8) is 0 Å². The van der Waals surface area contributed by atoms with Crippen molar-refractivity contribution in [2.45, 2.75) is 13.0 Å². The third kappa shape index (κ3) is 2.07. The van der Waals surface area contributed by atoms with Crippen molar-refractivity contribution in [2.75, 3.05) is 6.61 Å². The van der Waals surface area contributed by atoms with Crippen LogP contribution in [-0.2, 0) is 16.6 Å². The van der Waals surface area contributed by atoms with Crippen LogP contribution in [0, 0.1) is 0 Å². The van der Waals surface area contributed by atoms with Crippen molar-refractivity contribution in [3.05, 3.63) is 28.9 Å². The minimum atomic E-state index is -1.35. The van der Waals surface area contributed by atoms with Gasteiger partial charge in [0.2, 0.25) is 0 Å². The van der Waals surface area contributed by atoms with Crippen LogP contribution in [0.4, 0.5) is 0 Å². The average molecular weight is 269 g/mol. The molecule has 0 amide bonds. The summed E-state index contributed by atoms with van der Waals surface area (Å²) in [6, 6.07) is 5.19. The number of carbonyl (C=O) groups excluding carboxylic acids is 1. The summed E-state index contributed by atoms with van der Waals surface area (Å²) in [6.45, 7) is 1.90. The molecular formula is C12H13ClN2O3. The second-order valence-electron chi connectivity index (χ2n) is 3.81. The highest BCUT2D eigenvalue weighted by molar-refractivity contribution is 6.34. The Balaban J connectivity index is 2.54. The van der Waals surface area contributed by atoms with Crippen molar-refractivity contribution in [1.29, 1.82) is 0 Å². The Morgan fingerprint density at radius 2 is 2.33 bits per heavy atom. The van der Waals surface area contributed by atoms with Crippen LogP contribution in [0.2, 0.25) is 5.15 Å². The Hall–Kier alpha value is -1.59. The number of benzene rings is 1. The van der Waals surface area contributed by atoms with E-state index in [1.165, 1.54) is 0 Å². The van der Waals surface area contributed by atoms with E-state index in [0.717, 1.165) is 5.52 Å². The van der Waals surface area contributed by atoms with Gasteiger partial charge in [0.25, 0.3) is 0 Å². The minimum absolute atomic E-state index is 0.215. The summed E-state index contributed by atoms with van der Waals surface area (Å²) in [6.07, 6.45) is -1.35. The van der Waals surface area contributed by atoms with Crippen molar-refractivity contribution < 1.29 is 14.6 Å². The van der Waals surface area contributed by atoms with Crippen LogP contribution < -0.4 is 0 Å². The maximum absolute atomic E-state index is 11.6. The first-order chi connectivity index (χ1) is 8.56. The molecule has 0 bridgehead atoms. The van der Waals surface area contributed by atoms with E-state index in [1.54, 1.807) is 30.8 Å². The third-order valence-corrected chi connectivity index (χ3v) is 2.94. The van der Waals surface area contributed by atoms with Crippen LogP contribution in [0.15, 0.2) is 18.2 Å². The SMILES string of the molecule is CCOC(=O)C(O)c1cccc2c1c(Cl)nn2C. The summed E-state index contributed by atoms with van der Waals surface area (Å²) in [5, 5.41) is 14.9. The van der Waals surface area contributed by atoms with E-state index < -0.39 is 12.1 Å². The van der Waals surface area contributed by atoms with E-state index in [0.29, 0.717) is 10.9 Å². The van der Waals surface area contributed by atoms with Gasteiger partial charge < -0.3 is 9.84 Å². The Morgan fingerprint density at radius 1 is 1.61 bits per heavy atom. The minimum Gasteiger partial charge on any atom is -0.464 e. The van der Waals surface area contributed by atoms with E-state index in [2.05, 4.69) is 5.10 Å². The van der Waals surface area contributed by atoms with Crippen LogP contribution in [0.3, 0.4) is 0 Å². The Bertz CT molecular complexity index is 594. The van der Waals surface area contributed by atoms with Crippen molar-refractivity contribution in [1.82, 2.24) is 9.78 Å². The number of aryl methyl sites for hydroxylation is 1. The van der Waals surface area contributed by atoms with E-state index in [9.17, 15) is 9.90 Å². The van der Waals surface area contributed by atoms with Gasteiger partial charge in [-0.05, 0) is 13.0 Å². The van der Waals surface area contributed by atoms with Gasteiger partial charge in [-0.2, -0.15) is 5.10 Å². The second-order valence-corrected chi connectivity index (χ2v) is 4.17. The molecule has 96 valence electrons. The molecule has 0 spiro atoms. The highest BCUT2D eigenvalue weighted by atomic mass is 35.5. The molecule has 5 nitrogen and oxygen atoms in total. The zero-order chi connectivity index (χ0) is 13.3. The fourth-order valence-electron chi connectivity index (χ4n) is 1.86. The molecule has 18 heavy (non-hydrogen) atoms. The molecule has 0 saturated carbocycles. The van der Waals surface area contributed by atoms with Gasteiger partial charge in [-0.25, -0.2) is 4.79 Å². The molecule has 0 saturated heterocycles. The molecule has 1 aromatic heterocycles. The maximum atomic E-state index is 11.6. The summed E-state index contributed by atoms with van der Waals surface area (Å²) in [5.41, 5.74) is 1.16. The Kier molecular flexibility index (Phi) is 3.54. The van der Waals surface area contributed by atoms with Gasteiger partial charge in [-0.15, -0.1) is 0 Å². The van der Waals surface area contributed by atoms with E-state index in [1.807, 2.05) is 6.07 Å². The number of halogens is 1. The van der Waals surface area contributed by atoms with Crippen LogP contribution >= 0.6 is 11.6 Å². The summed E-state index contributed by atoms with van der Waals surface area (Å²) in [5.74, 6) is -0.690.